The molecule has 1 aliphatic rings. The van der Waals surface area contributed by atoms with Crippen molar-refractivity contribution in [3.8, 4) is 22.5 Å². The fourth-order valence-corrected chi connectivity index (χ4v) is 3.99. The van der Waals surface area contributed by atoms with E-state index < -0.39 is 0 Å². The van der Waals surface area contributed by atoms with Gasteiger partial charge in [-0.25, -0.2) is 4.98 Å². The summed E-state index contributed by atoms with van der Waals surface area (Å²) >= 11 is 1.78. The van der Waals surface area contributed by atoms with Gasteiger partial charge in [0.1, 0.15) is 5.82 Å². The van der Waals surface area contributed by atoms with Crippen molar-refractivity contribution < 1.29 is 0 Å². The van der Waals surface area contributed by atoms with Crippen LogP contribution in [0.2, 0.25) is 0 Å². The van der Waals surface area contributed by atoms with Crippen LogP contribution in [0.4, 0.5) is 5.82 Å². The number of pyridine rings is 2. The summed E-state index contributed by atoms with van der Waals surface area (Å²) < 4.78 is 0. The molecule has 2 aromatic heterocycles. The Morgan fingerprint density at radius 1 is 0.920 bits per heavy atom. The zero-order chi connectivity index (χ0) is 17.1. The van der Waals surface area contributed by atoms with E-state index in [-0.39, 0.29) is 0 Å². The molecule has 3 aromatic rings. The molecule has 1 aliphatic heterocycles. The summed E-state index contributed by atoms with van der Waals surface area (Å²) in [4.78, 5) is 13.2. The van der Waals surface area contributed by atoms with Crippen LogP contribution in [-0.2, 0) is 0 Å². The molecule has 0 aliphatic carbocycles. The lowest BCUT2D eigenvalue weighted by atomic mass is 10.0. The monoisotopic (exact) mass is 347 g/mol. The van der Waals surface area contributed by atoms with Crippen molar-refractivity contribution in [2.45, 2.75) is 17.7 Å². The molecule has 0 radical (unpaired) electrons. The molecule has 126 valence electrons. The van der Waals surface area contributed by atoms with E-state index in [0.717, 1.165) is 30.3 Å². The predicted octanol–water partition coefficient (Wildman–Crippen LogP) is 5.13. The van der Waals surface area contributed by atoms with E-state index >= 15 is 0 Å². The number of rotatable bonds is 4. The molecule has 3 heterocycles. The predicted molar refractivity (Wildman–Crippen MR) is 106 cm³/mol. The number of benzene rings is 1. The van der Waals surface area contributed by atoms with Crippen LogP contribution in [0.25, 0.3) is 22.5 Å². The third kappa shape index (κ3) is 3.27. The van der Waals surface area contributed by atoms with E-state index in [1.165, 1.54) is 28.9 Å². The average molecular weight is 347 g/mol. The van der Waals surface area contributed by atoms with Crippen LogP contribution in [0.5, 0.6) is 0 Å². The molecule has 0 bridgehead atoms. The maximum Gasteiger partial charge on any atom is 0.138 e. The molecule has 25 heavy (non-hydrogen) atoms. The summed E-state index contributed by atoms with van der Waals surface area (Å²) in [6.45, 7) is 2.15. The number of hydrogen-bond acceptors (Lipinski definition) is 4. The topological polar surface area (TPSA) is 29.0 Å². The van der Waals surface area contributed by atoms with E-state index in [1.54, 1.807) is 11.8 Å². The number of thioether (sulfide) groups is 1. The molecule has 0 atom stereocenters. The average Bonchev–Trinajstić information content (AvgIpc) is 3.23. The molecular formula is C21H21N3S. The Kier molecular flexibility index (Phi) is 4.70. The second-order valence-electron chi connectivity index (χ2n) is 6.18. The standard InChI is InChI=1S/C21H21N3S/c1-25-19-15-18(17-11-5-6-12-22-17)23-21(24-13-7-8-14-24)20(19)16-9-3-2-4-10-16/h2-6,9-12,15H,7-8,13-14H2,1H3. The van der Waals surface area contributed by atoms with Crippen LogP contribution < -0.4 is 4.90 Å². The van der Waals surface area contributed by atoms with Crippen molar-refractivity contribution >= 4 is 17.6 Å². The second-order valence-corrected chi connectivity index (χ2v) is 7.03. The molecule has 0 amide bonds. The molecule has 0 saturated carbocycles. The van der Waals surface area contributed by atoms with E-state index in [4.69, 9.17) is 4.98 Å². The summed E-state index contributed by atoms with van der Waals surface area (Å²) in [5.74, 6) is 1.09. The number of hydrogen-bond donors (Lipinski definition) is 0. The van der Waals surface area contributed by atoms with Gasteiger partial charge in [0.25, 0.3) is 0 Å². The molecular weight excluding hydrogens is 326 g/mol. The summed E-state index contributed by atoms with van der Waals surface area (Å²) in [7, 11) is 0. The molecule has 1 aromatic carbocycles. The van der Waals surface area contributed by atoms with E-state index in [2.05, 4.69) is 52.5 Å². The number of anilines is 1. The maximum atomic E-state index is 5.06. The van der Waals surface area contributed by atoms with Gasteiger partial charge in [-0.15, -0.1) is 11.8 Å². The molecule has 1 saturated heterocycles. The number of aromatic nitrogens is 2. The fraction of sp³-hybridized carbons (Fsp3) is 0.238. The molecule has 1 fully saturated rings. The molecule has 0 N–H and O–H groups in total. The van der Waals surface area contributed by atoms with E-state index in [1.807, 2.05) is 24.4 Å². The van der Waals surface area contributed by atoms with E-state index in [0.29, 0.717) is 0 Å². The lowest BCUT2D eigenvalue weighted by molar-refractivity contribution is 0.935. The van der Waals surface area contributed by atoms with Crippen LogP contribution >= 0.6 is 11.8 Å². The van der Waals surface area contributed by atoms with Crippen LogP contribution in [0, 0.1) is 0 Å². The minimum atomic E-state index is 0.929. The van der Waals surface area contributed by atoms with Gasteiger partial charge in [0.2, 0.25) is 0 Å². The quantitative estimate of drug-likeness (QED) is 0.612. The zero-order valence-corrected chi connectivity index (χ0v) is 15.2. The van der Waals surface area contributed by atoms with Crippen molar-refractivity contribution in [1.29, 1.82) is 0 Å². The van der Waals surface area contributed by atoms with Crippen LogP contribution in [0.15, 0.2) is 65.7 Å². The van der Waals surface area contributed by atoms with Crippen molar-refractivity contribution in [3.63, 3.8) is 0 Å². The van der Waals surface area contributed by atoms with Crippen molar-refractivity contribution in [1.82, 2.24) is 9.97 Å². The van der Waals surface area contributed by atoms with Gasteiger partial charge in [-0.2, -0.15) is 0 Å². The van der Waals surface area contributed by atoms with Crippen molar-refractivity contribution in [2.24, 2.45) is 0 Å². The fourth-order valence-electron chi connectivity index (χ4n) is 3.35. The van der Waals surface area contributed by atoms with Gasteiger partial charge >= 0.3 is 0 Å². The third-order valence-electron chi connectivity index (χ3n) is 4.58. The lowest BCUT2D eigenvalue weighted by Crippen LogP contribution is -2.20. The molecule has 4 rings (SSSR count). The Labute approximate surface area is 153 Å². The molecule has 0 unspecified atom stereocenters. The first kappa shape index (κ1) is 16.2. The van der Waals surface area contributed by atoms with Crippen LogP contribution in [0.1, 0.15) is 12.8 Å². The Balaban J connectivity index is 1.93. The normalized spacial score (nSPS) is 14.0. The van der Waals surface area contributed by atoms with Crippen molar-refractivity contribution in [2.75, 3.05) is 24.2 Å². The minimum Gasteiger partial charge on any atom is -0.356 e. The Morgan fingerprint density at radius 3 is 2.36 bits per heavy atom. The third-order valence-corrected chi connectivity index (χ3v) is 5.34. The number of nitrogens with zero attached hydrogens (tertiary/aromatic N) is 3. The summed E-state index contributed by atoms with van der Waals surface area (Å²) in [6.07, 6.45) is 6.44. The Morgan fingerprint density at radius 2 is 1.68 bits per heavy atom. The SMILES string of the molecule is CSc1cc(-c2ccccn2)nc(N2CCCC2)c1-c1ccccc1. The Bertz CT molecular complexity index is 844. The summed E-state index contributed by atoms with van der Waals surface area (Å²) in [5, 5.41) is 0. The first-order valence-corrected chi connectivity index (χ1v) is 9.90. The first-order valence-electron chi connectivity index (χ1n) is 8.67. The van der Waals surface area contributed by atoms with Gasteiger partial charge in [0.05, 0.1) is 11.4 Å². The minimum absolute atomic E-state index is 0.929. The van der Waals surface area contributed by atoms with Crippen molar-refractivity contribution in [3.05, 3.63) is 60.8 Å². The van der Waals surface area contributed by atoms with Crippen LogP contribution in [-0.4, -0.2) is 29.3 Å². The maximum absolute atomic E-state index is 5.06. The van der Waals surface area contributed by atoms with Gasteiger partial charge in [-0.1, -0.05) is 36.4 Å². The second kappa shape index (κ2) is 7.28. The molecule has 4 heteroatoms. The van der Waals surface area contributed by atoms with Gasteiger partial charge in [-0.05, 0) is 42.9 Å². The van der Waals surface area contributed by atoms with Crippen LogP contribution in [0.3, 0.4) is 0 Å². The van der Waals surface area contributed by atoms with E-state index in [9.17, 15) is 0 Å². The first-order chi connectivity index (χ1) is 12.4. The highest BCUT2D eigenvalue weighted by molar-refractivity contribution is 7.98. The highest BCUT2D eigenvalue weighted by Crippen LogP contribution is 2.40. The zero-order valence-electron chi connectivity index (χ0n) is 14.4. The highest BCUT2D eigenvalue weighted by Gasteiger charge is 2.22. The summed E-state index contributed by atoms with van der Waals surface area (Å²) in [5.41, 5.74) is 4.35. The van der Waals surface area contributed by atoms with Gasteiger partial charge in [0, 0.05) is 29.7 Å². The summed E-state index contributed by atoms with van der Waals surface area (Å²) in [6, 6.07) is 18.8. The van der Waals surface area contributed by atoms with Gasteiger partial charge in [0.15, 0.2) is 0 Å². The molecule has 0 spiro atoms. The Hall–Kier alpha value is -2.33. The largest absolute Gasteiger partial charge is 0.356 e. The van der Waals surface area contributed by atoms with Gasteiger partial charge in [-0.3, -0.25) is 4.98 Å². The van der Waals surface area contributed by atoms with Gasteiger partial charge < -0.3 is 4.90 Å². The molecule has 3 nitrogen and oxygen atoms in total. The smallest absolute Gasteiger partial charge is 0.138 e. The highest BCUT2D eigenvalue weighted by atomic mass is 32.2. The lowest BCUT2D eigenvalue weighted by Gasteiger charge is -2.23.